The highest BCUT2D eigenvalue weighted by molar-refractivity contribution is 5.79. The predicted octanol–water partition coefficient (Wildman–Crippen LogP) is 2.21. The van der Waals surface area contributed by atoms with Gasteiger partial charge in [-0.1, -0.05) is 19.3 Å². The highest BCUT2D eigenvalue weighted by Gasteiger charge is 2.42. The molecule has 0 aromatic carbocycles. The SMILES string of the molecule is O=C(C1CCCCC1)N1CCCC1C1NNCC1c1ccncc1. The lowest BCUT2D eigenvalue weighted by Crippen LogP contribution is -2.51. The summed E-state index contributed by atoms with van der Waals surface area (Å²) in [5.74, 6) is 1.09. The number of carbonyl (C=O) groups is 1. The summed E-state index contributed by atoms with van der Waals surface area (Å²) in [6, 6.07) is 4.82. The Morgan fingerprint density at radius 3 is 2.67 bits per heavy atom. The van der Waals surface area contributed by atoms with Crippen LogP contribution in [0.3, 0.4) is 0 Å². The third-order valence-corrected chi connectivity index (χ3v) is 6.11. The first-order chi connectivity index (χ1) is 11.8. The minimum absolute atomic E-state index is 0.271. The van der Waals surface area contributed by atoms with Gasteiger partial charge in [-0.2, -0.15) is 0 Å². The second kappa shape index (κ2) is 7.19. The van der Waals surface area contributed by atoms with Gasteiger partial charge in [0.1, 0.15) is 0 Å². The van der Waals surface area contributed by atoms with E-state index in [1.54, 1.807) is 0 Å². The van der Waals surface area contributed by atoms with Crippen molar-refractivity contribution in [2.75, 3.05) is 13.1 Å². The third-order valence-electron chi connectivity index (χ3n) is 6.11. The van der Waals surface area contributed by atoms with Crippen molar-refractivity contribution in [2.45, 2.75) is 62.9 Å². The second-order valence-electron chi connectivity index (χ2n) is 7.51. The molecule has 1 aromatic heterocycles. The number of amides is 1. The fraction of sp³-hybridized carbons (Fsp3) is 0.684. The van der Waals surface area contributed by atoms with Crippen molar-refractivity contribution in [2.24, 2.45) is 5.92 Å². The van der Waals surface area contributed by atoms with Crippen LogP contribution in [-0.4, -0.2) is 41.0 Å². The van der Waals surface area contributed by atoms with Gasteiger partial charge >= 0.3 is 0 Å². The quantitative estimate of drug-likeness (QED) is 0.893. The van der Waals surface area contributed by atoms with Crippen molar-refractivity contribution in [1.82, 2.24) is 20.7 Å². The molecule has 0 spiro atoms. The number of aromatic nitrogens is 1. The van der Waals surface area contributed by atoms with Gasteiger partial charge in [-0.3, -0.25) is 20.6 Å². The smallest absolute Gasteiger partial charge is 0.225 e. The average Bonchev–Trinajstić information content (AvgIpc) is 3.31. The molecular weight excluding hydrogens is 300 g/mol. The minimum Gasteiger partial charge on any atom is -0.338 e. The zero-order valence-corrected chi connectivity index (χ0v) is 14.3. The first kappa shape index (κ1) is 16.0. The summed E-state index contributed by atoms with van der Waals surface area (Å²) in [6.07, 6.45) is 11.9. The third kappa shape index (κ3) is 3.07. The lowest BCUT2D eigenvalue weighted by Gasteiger charge is -2.35. The molecule has 2 aliphatic heterocycles. The molecular formula is C19H28N4O. The van der Waals surface area contributed by atoms with E-state index in [1.807, 2.05) is 12.4 Å². The monoisotopic (exact) mass is 328 g/mol. The largest absolute Gasteiger partial charge is 0.338 e. The summed E-state index contributed by atoms with van der Waals surface area (Å²) < 4.78 is 0. The molecule has 5 heteroatoms. The summed E-state index contributed by atoms with van der Waals surface area (Å²) >= 11 is 0. The number of hydrogen-bond donors (Lipinski definition) is 2. The zero-order chi connectivity index (χ0) is 16.4. The van der Waals surface area contributed by atoms with Crippen LogP contribution in [0, 0.1) is 5.92 Å². The van der Waals surface area contributed by atoms with Crippen molar-refractivity contribution in [3.8, 4) is 0 Å². The predicted molar refractivity (Wildman–Crippen MR) is 93.2 cm³/mol. The Labute approximate surface area is 144 Å². The standard InChI is InChI=1S/C19H28N4O/c24-19(15-5-2-1-3-6-15)23-12-4-7-17(23)18-16(13-21-22-18)14-8-10-20-11-9-14/h8-11,15-18,21-22H,1-7,12-13H2. The Morgan fingerprint density at radius 2 is 1.88 bits per heavy atom. The molecule has 0 bridgehead atoms. The summed E-state index contributed by atoms with van der Waals surface area (Å²) in [5.41, 5.74) is 8.11. The van der Waals surface area contributed by atoms with E-state index in [1.165, 1.54) is 24.8 Å². The van der Waals surface area contributed by atoms with Crippen LogP contribution in [0.4, 0.5) is 0 Å². The Bertz CT molecular complexity index is 558. The van der Waals surface area contributed by atoms with Crippen LogP contribution in [0.2, 0.25) is 0 Å². The maximum atomic E-state index is 13.1. The lowest BCUT2D eigenvalue weighted by molar-refractivity contribution is -0.138. The van der Waals surface area contributed by atoms with E-state index in [0.29, 0.717) is 23.9 Å². The molecule has 2 saturated heterocycles. The molecule has 5 nitrogen and oxygen atoms in total. The van der Waals surface area contributed by atoms with Gasteiger partial charge in [-0.25, -0.2) is 0 Å². The highest BCUT2D eigenvalue weighted by Crippen LogP contribution is 2.34. The van der Waals surface area contributed by atoms with E-state index in [2.05, 4.69) is 32.9 Å². The van der Waals surface area contributed by atoms with Gasteiger partial charge < -0.3 is 4.90 Å². The molecule has 1 aliphatic carbocycles. The van der Waals surface area contributed by atoms with Gasteiger partial charge in [0.05, 0.1) is 0 Å². The van der Waals surface area contributed by atoms with E-state index >= 15 is 0 Å². The Kier molecular flexibility index (Phi) is 4.81. The van der Waals surface area contributed by atoms with Crippen LogP contribution in [0.5, 0.6) is 0 Å². The van der Waals surface area contributed by atoms with Crippen LogP contribution in [0.15, 0.2) is 24.5 Å². The van der Waals surface area contributed by atoms with Crippen molar-refractivity contribution in [3.63, 3.8) is 0 Å². The molecule has 3 unspecified atom stereocenters. The average molecular weight is 328 g/mol. The van der Waals surface area contributed by atoms with Gasteiger partial charge in [-0.15, -0.1) is 0 Å². The number of hydrazine groups is 1. The second-order valence-corrected chi connectivity index (χ2v) is 7.51. The van der Waals surface area contributed by atoms with Gasteiger partial charge in [0.2, 0.25) is 5.91 Å². The van der Waals surface area contributed by atoms with E-state index in [0.717, 1.165) is 38.8 Å². The fourth-order valence-electron chi connectivity index (χ4n) is 4.84. The van der Waals surface area contributed by atoms with E-state index in [4.69, 9.17) is 0 Å². The summed E-state index contributed by atoms with van der Waals surface area (Å²) in [5, 5.41) is 0. The number of likely N-dealkylation sites (tertiary alicyclic amines) is 1. The lowest BCUT2D eigenvalue weighted by atomic mass is 9.86. The number of rotatable bonds is 3. The maximum absolute atomic E-state index is 13.1. The highest BCUT2D eigenvalue weighted by atomic mass is 16.2. The summed E-state index contributed by atoms with van der Waals surface area (Å²) in [6.45, 7) is 1.85. The normalized spacial score (nSPS) is 31.5. The minimum atomic E-state index is 0.271. The maximum Gasteiger partial charge on any atom is 0.225 e. The van der Waals surface area contributed by atoms with Crippen molar-refractivity contribution >= 4 is 5.91 Å². The van der Waals surface area contributed by atoms with Crippen LogP contribution >= 0.6 is 0 Å². The Balaban J connectivity index is 1.50. The van der Waals surface area contributed by atoms with Crippen LogP contribution in [0.1, 0.15) is 56.4 Å². The summed E-state index contributed by atoms with van der Waals surface area (Å²) in [7, 11) is 0. The molecule has 3 atom stereocenters. The van der Waals surface area contributed by atoms with Crippen molar-refractivity contribution < 1.29 is 4.79 Å². The molecule has 3 heterocycles. The first-order valence-electron chi connectivity index (χ1n) is 9.53. The molecule has 1 saturated carbocycles. The number of hydrogen-bond acceptors (Lipinski definition) is 4. The molecule has 1 aromatic rings. The summed E-state index contributed by atoms with van der Waals surface area (Å²) in [4.78, 5) is 19.4. The van der Waals surface area contributed by atoms with Gasteiger partial charge in [0.25, 0.3) is 0 Å². The number of nitrogens with one attached hydrogen (secondary N) is 2. The number of pyridine rings is 1. The molecule has 0 radical (unpaired) electrons. The molecule has 1 amide bonds. The van der Waals surface area contributed by atoms with Gasteiger partial charge in [0, 0.05) is 49.4 Å². The molecule has 3 aliphatic rings. The van der Waals surface area contributed by atoms with E-state index in [-0.39, 0.29) is 5.92 Å². The molecule has 2 N–H and O–H groups in total. The van der Waals surface area contributed by atoms with Crippen LogP contribution in [0.25, 0.3) is 0 Å². The van der Waals surface area contributed by atoms with Crippen LogP contribution < -0.4 is 10.9 Å². The van der Waals surface area contributed by atoms with Crippen molar-refractivity contribution in [1.29, 1.82) is 0 Å². The zero-order valence-electron chi connectivity index (χ0n) is 14.3. The van der Waals surface area contributed by atoms with Gasteiger partial charge in [0.15, 0.2) is 0 Å². The fourth-order valence-corrected chi connectivity index (χ4v) is 4.84. The van der Waals surface area contributed by atoms with E-state index in [9.17, 15) is 4.79 Å². The molecule has 4 rings (SSSR count). The van der Waals surface area contributed by atoms with Crippen LogP contribution in [-0.2, 0) is 4.79 Å². The topological polar surface area (TPSA) is 57.3 Å². The Hall–Kier alpha value is -1.46. The Morgan fingerprint density at radius 1 is 1.08 bits per heavy atom. The first-order valence-corrected chi connectivity index (χ1v) is 9.53. The van der Waals surface area contributed by atoms with E-state index < -0.39 is 0 Å². The molecule has 130 valence electrons. The molecule has 3 fully saturated rings. The van der Waals surface area contributed by atoms with Gasteiger partial charge in [-0.05, 0) is 43.4 Å². The number of nitrogens with zero attached hydrogens (tertiary/aromatic N) is 2. The number of carbonyl (C=O) groups excluding carboxylic acids is 1. The molecule has 24 heavy (non-hydrogen) atoms. The van der Waals surface area contributed by atoms with Crippen molar-refractivity contribution in [3.05, 3.63) is 30.1 Å².